The third kappa shape index (κ3) is 4.05. The molecule has 1 atom stereocenters. The highest BCUT2D eigenvalue weighted by Gasteiger charge is 2.23. The minimum Gasteiger partial charge on any atom is -0.207 e. The Bertz CT molecular complexity index is 586. The molecule has 0 aromatic heterocycles. The Morgan fingerprint density at radius 2 is 2.05 bits per heavy atom. The van der Waals surface area contributed by atoms with Gasteiger partial charge in [0, 0.05) is 1.43 Å². The van der Waals surface area contributed by atoms with Gasteiger partial charge < -0.3 is 0 Å². The van der Waals surface area contributed by atoms with Crippen molar-refractivity contribution in [3.05, 3.63) is 29.8 Å². The monoisotopic (exact) mass is 282 g/mol. The molecule has 19 heavy (non-hydrogen) atoms. The van der Waals surface area contributed by atoms with E-state index in [2.05, 4.69) is 32.4 Å². The molecule has 0 aliphatic rings. The number of nitrogens with one attached hydrogen (secondary N) is 1. The normalized spacial score (nSPS) is 13.8. The smallest absolute Gasteiger partial charge is 0.207 e. The van der Waals surface area contributed by atoms with Crippen LogP contribution in [0.2, 0.25) is 0 Å². The molecule has 0 amide bonds. The molecular formula is C14H22N2O2S. The molecule has 1 unspecified atom stereocenters. The molecule has 1 aromatic carbocycles. The first-order valence-corrected chi connectivity index (χ1v) is 7.63. The summed E-state index contributed by atoms with van der Waals surface area (Å²) in [6.07, 6.45) is 0. The molecule has 0 bridgehead atoms. The van der Waals surface area contributed by atoms with E-state index >= 15 is 0 Å². The van der Waals surface area contributed by atoms with E-state index in [1.807, 2.05) is 6.07 Å². The van der Waals surface area contributed by atoms with Gasteiger partial charge in [0.05, 0.1) is 17.5 Å². The van der Waals surface area contributed by atoms with Crippen molar-refractivity contribution in [2.24, 2.45) is 5.41 Å². The zero-order chi connectivity index (χ0) is 14.7. The molecule has 0 spiro atoms. The quantitative estimate of drug-likeness (QED) is 0.863. The first-order chi connectivity index (χ1) is 8.68. The van der Waals surface area contributed by atoms with E-state index in [9.17, 15) is 8.42 Å². The van der Waals surface area contributed by atoms with E-state index in [0.29, 0.717) is 0 Å². The summed E-state index contributed by atoms with van der Waals surface area (Å²) >= 11 is 0. The van der Waals surface area contributed by atoms with E-state index in [-0.39, 0.29) is 24.2 Å². The molecule has 1 rings (SSSR count). The van der Waals surface area contributed by atoms with Gasteiger partial charge in [-0.15, -0.1) is 0 Å². The van der Waals surface area contributed by atoms with Gasteiger partial charge in [-0.2, -0.15) is 9.98 Å². The molecule has 1 N–H and O–H groups in total. The van der Waals surface area contributed by atoms with Crippen molar-refractivity contribution in [3.63, 3.8) is 0 Å². The number of benzene rings is 1. The highest BCUT2D eigenvalue weighted by Crippen LogP contribution is 2.34. The van der Waals surface area contributed by atoms with Crippen molar-refractivity contribution in [1.29, 1.82) is 5.26 Å². The number of rotatable bonds is 4. The number of hydrogen-bond donors (Lipinski definition) is 1. The summed E-state index contributed by atoms with van der Waals surface area (Å²) in [6.45, 7) is 8.21. The largest absolute Gasteiger partial charge is 0.241 e. The lowest BCUT2D eigenvalue weighted by Gasteiger charge is -2.27. The number of nitrogens with zero attached hydrogens (tertiary/aromatic N) is 1. The maximum atomic E-state index is 12.0. The highest BCUT2D eigenvalue weighted by molar-refractivity contribution is 7.89. The van der Waals surface area contributed by atoms with Crippen LogP contribution in [0.1, 0.15) is 40.6 Å². The first kappa shape index (κ1) is 15.7. The lowest BCUT2D eigenvalue weighted by Crippen LogP contribution is -2.24. The Balaban J connectivity index is 0.00000361. The van der Waals surface area contributed by atoms with Crippen LogP contribution in [0.5, 0.6) is 0 Å². The second-order valence-electron chi connectivity index (χ2n) is 5.64. The van der Waals surface area contributed by atoms with Gasteiger partial charge in [0.2, 0.25) is 10.0 Å². The van der Waals surface area contributed by atoms with Crippen LogP contribution >= 0.6 is 0 Å². The van der Waals surface area contributed by atoms with Crippen LogP contribution in [-0.2, 0) is 10.0 Å². The molecule has 0 radical (unpaired) electrons. The van der Waals surface area contributed by atoms with Crippen molar-refractivity contribution < 1.29 is 9.84 Å². The van der Waals surface area contributed by atoms with E-state index in [1.54, 1.807) is 24.3 Å². The number of sulfonamides is 1. The van der Waals surface area contributed by atoms with Crippen molar-refractivity contribution >= 4 is 10.0 Å². The van der Waals surface area contributed by atoms with Crippen LogP contribution in [0.3, 0.4) is 0 Å². The minimum absolute atomic E-state index is 0. The average Bonchev–Trinajstić information content (AvgIpc) is 2.34. The lowest BCUT2D eigenvalue weighted by molar-refractivity contribution is 0.339. The molecule has 0 aliphatic heterocycles. The average molecular weight is 282 g/mol. The molecule has 5 heteroatoms. The third-order valence-corrected chi connectivity index (χ3v) is 4.71. The maximum Gasteiger partial charge on any atom is 0.241 e. The predicted molar refractivity (Wildman–Crippen MR) is 77.2 cm³/mol. The number of hydrogen-bond acceptors (Lipinski definition) is 3. The van der Waals surface area contributed by atoms with Gasteiger partial charge in [-0.3, -0.25) is 0 Å². The molecule has 0 heterocycles. The Hall–Kier alpha value is -1.38. The SMILES string of the molecule is CC(c1cccc(S(=O)(=O)NCC#N)c1)C(C)(C)C.[HH]. The first-order valence-electron chi connectivity index (χ1n) is 6.15. The van der Waals surface area contributed by atoms with Crippen molar-refractivity contribution in [1.82, 2.24) is 4.72 Å². The fourth-order valence-electron chi connectivity index (χ4n) is 1.66. The Labute approximate surface area is 117 Å². The van der Waals surface area contributed by atoms with E-state index in [1.165, 1.54) is 0 Å². The molecule has 106 valence electrons. The van der Waals surface area contributed by atoms with Crippen LogP contribution in [0, 0.1) is 16.7 Å². The lowest BCUT2D eigenvalue weighted by atomic mass is 9.78. The van der Waals surface area contributed by atoms with Crippen LogP contribution in [0.15, 0.2) is 29.2 Å². The van der Waals surface area contributed by atoms with Gasteiger partial charge in [-0.25, -0.2) is 8.42 Å². The fraction of sp³-hybridized carbons (Fsp3) is 0.500. The Kier molecular flexibility index (Phi) is 4.72. The highest BCUT2D eigenvalue weighted by atomic mass is 32.2. The molecule has 0 fully saturated rings. The van der Waals surface area contributed by atoms with E-state index in [4.69, 9.17) is 5.26 Å². The summed E-state index contributed by atoms with van der Waals surface area (Å²) in [4.78, 5) is 0.205. The Morgan fingerprint density at radius 1 is 1.42 bits per heavy atom. The van der Waals surface area contributed by atoms with Gasteiger partial charge in [0.15, 0.2) is 0 Å². The maximum absolute atomic E-state index is 12.0. The summed E-state index contributed by atoms with van der Waals surface area (Å²) in [7, 11) is -3.60. The summed E-state index contributed by atoms with van der Waals surface area (Å²) in [5.74, 6) is 0.235. The van der Waals surface area contributed by atoms with Crippen LogP contribution in [0.4, 0.5) is 0 Å². The van der Waals surface area contributed by atoms with Gasteiger partial charge >= 0.3 is 0 Å². The van der Waals surface area contributed by atoms with Gasteiger partial charge in [-0.1, -0.05) is 39.8 Å². The zero-order valence-corrected chi connectivity index (χ0v) is 12.6. The second-order valence-corrected chi connectivity index (χ2v) is 7.41. The van der Waals surface area contributed by atoms with Crippen LogP contribution in [-0.4, -0.2) is 15.0 Å². The second kappa shape index (κ2) is 5.72. The standard InChI is InChI=1S/C14H20N2O2S.H2/c1-11(14(2,3)4)12-6-5-7-13(10-12)19(17,18)16-9-8-15;/h5-7,10-11,16H,9H2,1-4H3;1H. The van der Waals surface area contributed by atoms with Gasteiger partial charge in [-0.05, 0) is 29.0 Å². The minimum atomic E-state index is -3.60. The van der Waals surface area contributed by atoms with Crippen molar-refractivity contribution in [2.75, 3.05) is 6.54 Å². The topological polar surface area (TPSA) is 70.0 Å². The number of nitriles is 1. The summed E-state index contributed by atoms with van der Waals surface area (Å²) in [5.41, 5.74) is 1.04. The summed E-state index contributed by atoms with van der Waals surface area (Å²) in [6, 6.07) is 8.65. The molecule has 0 saturated heterocycles. The zero-order valence-electron chi connectivity index (χ0n) is 11.8. The molecule has 0 aliphatic carbocycles. The van der Waals surface area contributed by atoms with Crippen LogP contribution < -0.4 is 4.72 Å². The van der Waals surface area contributed by atoms with E-state index in [0.717, 1.165) is 5.56 Å². The molecule has 1 aromatic rings. The van der Waals surface area contributed by atoms with Crippen LogP contribution in [0.25, 0.3) is 0 Å². The third-order valence-electron chi connectivity index (χ3n) is 3.31. The molecule has 4 nitrogen and oxygen atoms in total. The van der Waals surface area contributed by atoms with Crippen molar-refractivity contribution in [3.8, 4) is 6.07 Å². The van der Waals surface area contributed by atoms with Gasteiger partial charge in [0.25, 0.3) is 0 Å². The Morgan fingerprint density at radius 3 is 2.58 bits per heavy atom. The summed E-state index contributed by atoms with van der Waals surface area (Å²) in [5, 5.41) is 8.45. The van der Waals surface area contributed by atoms with Crippen molar-refractivity contribution in [2.45, 2.75) is 38.5 Å². The van der Waals surface area contributed by atoms with Gasteiger partial charge in [0.1, 0.15) is 0 Å². The molecule has 0 saturated carbocycles. The summed E-state index contributed by atoms with van der Waals surface area (Å²) < 4.78 is 26.1. The predicted octanol–water partition coefficient (Wildman–Crippen LogP) is 2.88. The van der Waals surface area contributed by atoms with E-state index < -0.39 is 10.0 Å². The molecular weight excluding hydrogens is 260 g/mol. The fourth-order valence-corrected chi connectivity index (χ4v) is 2.63.